The van der Waals surface area contributed by atoms with E-state index in [0.717, 1.165) is 19.6 Å². The van der Waals surface area contributed by atoms with Gasteiger partial charge < -0.3 is 10.2 Å². The van der Waals surface area contributed by atoms with E-state index in [-0.39, 0.29) is 5.54 Å². The van der Waals surface area contributed by atoms with Crippen LogP contribution in [-0.2, 0) is 6.54 Å². The van der Waals surface area contributed by atoms with Crippen molar-refractivity contribution in [2.75, 3.05) is 20.1 Å². The number of hydrogen-bond donors (Lipinski definition) is 1. The van der Waals surface area contributed by atoms with E-state index < -0.39 is 0 Å². The minimum Gasteiger partial charge on any atom is -0.311 e. The van der Waals surface area contributed by atoms with Gasteiger partial charge in [-0.3, -0.25) is 0 Å². The van der Waals surface area contributed by atoms with Crippen molar-refractivity contribution in [1.29, 1.82) is 0 Å². The summed E-state index contributed by atoms with van der Waals surface area (Å²) < 4.78 is 1.20. The molecule has 21 heavy (non-hydrogen) atoms. The summed E-state index contributed by atoms with van der Waals surface area (Å²) >= 11 is 3.64. The average molecular weight is 355 g/mol. The molecule has 1 unspecified atom stereocenters. The van der Waals surface area contributed by atoms with Gasteiger partial charge in [0.2, 0.25) is 0 Å². The Balaban J connectivity index is 2.61. The van der Waals surface area contributed by atoms with Gasteiger partial charge in [0.25, 0.3) is 0 Å². The minimum absolute atomic E-state index is 0.178. The van der Waals surface area contributed by atoms with Gasteiger partial charge in [-0.05, 0) is 51.3 Å². The molecule has 0 saturated heterocycles. The highest BCUT2D eigenvalue weighted by Crippen LogP contribution is 2.24. The maximum atomic E-state index is 3.66. The molecule has 2 nitrogen and oxygen atoms in total. The Kier molecular flexibility index (Phi) is 6.89. The molecule has 0 aromatic heterocycles. The monoisotopic (exact) mass is 354 g/mol. The molecule has 0 aliphatic carbocycles. The van der Waals surface area contributed by atoms with Crippen LogP contribution in [0.2, 0.25) is 0 Å². The first-order valence-electron chi connectivity index (χ1n) is 7.82. The Morgan fingerprint density at radius 3 is 2.29 bits per heavy atom. The molecule has 0 bridgehead atoms. The van der Waals surface area contributed by atoms with E-state index in [1.165, 1.54) is 16.5 Å². The van der Waals surface area contributed by atoms with Crippen LogP contribution in [0.15, 0.2) is 28.7 Å². The van der Waals surface area contributed by atoms with Crippen LogP contribution in [0.5, 0.6) is 0 Å². The van der Waals surface area contributed by atoms with Crippen LogP contribution in [0, 0.1) is 5.41 Å². The van der Waals surface area contributed by atoms with Crippen molar-refractivity contribution in [3.05, 3.63) is 34.3 Å². The number of benzene rings is 1. The summed E-state index contributed by atoms with van der Waals surface area (Å²) in [5.41, 5.74) is 1.82. The highest BCUT2D eigenvalue weighted by molar-refractivity contribution is 9.10. The summed E-state index contributed by atoms with van der Waals surface area (Å²) in [5, 5.41) is 3.66. The molecular weight excluding hydrogens is 324 g/mol. The Bertz CT molecular complexity index is 439. The fourth-order valence-corrected chi connectivity index (χ4v) is 2.81. The molecule has 0 spiro atoms. The van der Waals surface area contributed by atoms with Crippen molar-refractivity contribution in [1.82, 2.24) is 10.2 Å². The molecular formula is C18H31BrN2. The van der Waals surface area contributed by atoms with Gasteiger partial charge in [-0.2, -0.15) is 0 Å². The van der Waals surface area contributed by atoms with E-state index in [4.69, 9.17) is 0 Å². The lowest BCUT2D eigenvalue weighted by Gasteiger charge is -2.36. The predicted molar refractivity (Wildman–Crippen MR) is 96.6 cm³/mol. The fourth-order valence-electron chi connectivity index (χ4n) is 2.40. The van der Waals surface area contributed by atoms with Gasteiger partial charge in [-0.25, -0.2) is 0 Å². The fraction of sp³-hybridized carbons (Fsp3) is 0.667. The van der Waals surface area contributed by atoms with Crippen LogP contribution in [0.4, 0.5) is 0 Å². The van der Waals surface area contributed by atoms with Gasteiger partial charge in [0.05, 0.1) is 0 Å². The highest BCUT2D eigenvalue weighted by Gasteiger charge is 2.26. The third kappa shape index (κ3) is 6.94. The number of nitrogens with zero attached hydrogens (tertiary/aromatic N) is 1. The second kappa shape index (κ2) is 7.75. The Morgan fingerprint density at radius 1 is 1.14 bits per heavy atom. The summed E-state index contributed by atoms with van der Waals surface area (Å²) in [4.78, 5) is 2.42. The van der Waals surface area contributed by atoms with Gasteiger partial charge in [0.1, 0.15) is 0 Å². The molecule has 0 aliphatic heterocycles. The Morgan fingerprint density at radius 2 is 1.76 bits per heavy atom. The standard InChI is InChI=1S/C18H31BrN2/c1-7-18(5,13-20-17(2,3)4)14-21(6)12-15-10-8-9-11-16(15)19/h8-11,20H,7,12-14H2,1-6H3. The van der Waals surface area contributed by atoms with E-state index in [2.05, 4.69) is 92.1 Å². The molecule has 0 heterocycles. The number of rotatable bonds is 7. The predicted octanol–water partition coefficient (Wildman–Crippen LogP) is 4.69. The van der Waals surface area contributed by atoms with E-state index in [0.29, 0.717) is 5.41 Å². The molecule has 0 fully saturated rings. The van der Waals surface area contributed by atoms with Crippen molar-refractivity contribution in [3.8, 4) is 0 Å². The zero-order valence-electron chi connectivity index (χ0n) is 14.5. The van der Waals surface area contributed by atoms with Crippen LogP contribution in [0.3, 0.4) is 0 Å². The van der Waals surface area contributed by atoms with Crippen LogP contribution in [0.1, 0.15) is 46.6 Å². The minimum atomic E-state index is 0.178. The van der Waals surface area contributed by atoms with E-state index in [1.807, 2.05) is 0 Å². The summed E-state index contributed by atoms with van der Waals surface area (Å²) in [6, 6.07) is 8.48. The van der Waals surface area contributed by atoms with Gasteiger partial charge in [-0.15, -0.1) is 0 Å². The van der Waals surface area contributed by atoms with Crippen LogP contribution < -0.4 is 5.32 Å². The van der Waals surface area contributed by atoms with Gasteiger partial charge in [0, 0.05) is 29.6 Å². The Labute approximate surface area is 139 Å². The quantitative estimate of drug-likeness (QED) is 0.764. The molecule has 3 heteroatoms. The molecule has 0 saturated carbocycles. The lowest BCUT2D eigenvalue weighted by Crippen LogP contribution is -2.46. The SMILES string of the molecule is CCC(C)(CNC(C)(C)C)CN(C)Cc1ccccc1Br. The zero-order valence-corrected chi connectivity index (χ0v) is 16.0. The average Bonchev–Trinajstić information content (AvgIpc) is 2.38. The van der Waals surface area contributed by atoms with Crippen molar-refractivity contribution >= 4 is 15.9 Å². The third-order valence-electron chi connectivity index (χ3n) is 3.95. The largest absolute Gasteiger partial charge is 0.311 e. The topological polar surface area (TPSA) is 15.3 Å². The lowest BCUT2D eigenvalue weighted by atomic mass is 9.86. The molecule has 1 rings (SSSR count). The van der Waals surface area contributed by atoms with Crippen LogP contribution >= 0.6 is 15.9 Å². The normalized spacial score (nSPS) is 15.2. The van der Waals surface area contributed by atoms with Gasteiger partial charge in [-0.1, -0.05) is 48.0 Å². The summed E-state index contributed by atoms with van der Waals surface area (Å²) in [6.07, 6.45) is 1.18. The van der Waals surface area contributed by atoms with E-state index in [9.17, 15) is 0 Å². The molecule has 1 aromatic rings. The highest BCUT2D eigenvalue weighted by atomic mass is 79.9. The van der Waals surface area contributed by atoms with Gasteiger partial charge in [0.15, 0.2) is 0 Å². The van der Waals surface area contributed by atoms with Gasteiger partial charge >= 0.3 is 0 Å². The first kappa shape index (κ1) is 18.7. The first-order chi connectivity index (χ1) is 9.65. The Hall–Kier alpha value is -0.380. The van der Waals surface area contributed by atoms with Crippen molar-refractivity contribution < 1.29 is 0 Å². The molecule has 1 aromatic carbocycles. The smallest absolute Gasteiger partial charge is 0.0242 e. The number of halogens is 1. The summed E-state index contributed by atoms with van der Waals surface area (Å²) in [5.74, 6) is 0. The number of nitrogens with one attached hydrogen (secondary N) is 1. The summed E-state index contributed by atoms with van der Waals surface area (Å²) in [6.45, 7) is 14.5. The molecule has 0 radical (unpaired) electrons. The van der Waals surface area contributed by atoms with E-state index >= 15 is 0 Å². The second-order valence-electron chi connectivity index (χ2n) is 7.53. The molecule has 1 atom stereocenters. The zero-order chi connectivity index (χ0) is 16.1. The van der Waals surface area contributed by atoms with E-state index in [1.54, 1.807) is 0 Å². The molecule has 0 aliphatic rings. The maximum absolute atomic E-state index is 3.66. The number of hydrogen-bond acceptors (Lipinski definition) is 2. The molecule has 0 amide bonds. The lowest BCUT2D eigenvalue weighted by molar-refractivity contribution is 0.163. The van der Waals surface area contributed by atoms with Crippen molar-refractivity contribution in [2.45, 2.75) is 53.1 Å². The third-order valence-corrected chi connectivity index (χ3v) is 4.72. The summed E-state index contributed by atoms with van der Waals surface area (Å²) in [7, 11) is 2.21. The second-order valence-corrected chi connectivity index (χ2v) is 8.39. The molecule has 120 valence electrons. The van der Waals surface area contributed by atoms with Crippen molar-refractivity contribution in [2.24, 2.45) is 5.41 Å². The van der Waals surface area contributed by atoms with Crippen molar-refractivity contribution in [3.63, 3.8) is 0 Å². The van der Waals surface area contributed by atoms with Crippen LogP contribution in [0.25, 0.3) is 0 Å². The maximum Gasteiger partial charge on any atom is 0.0242 e. The molecule has 1 N–H and O–H groups in total. The first-order valence-corrected chi connectivity index (χ1v) is 8.61. The van der Waals surface area contributed by atoms with Crippen LogP contribution in [-0.4, -0.2) is 30.6 Å².